The quantitative estimate of drug-likeness (QED) is 0.752. The first kappa shape index (κ1) is 12.9. The van der Waals surface area contributed by atoms with Gasteiger partial charge < -0.3 is 0 Å². The van der Waals surface area contributed by atoms with E-state index in [1.54, 1.807) is 30.0 Å². The molecule has 1 aromatic rings. The van der Waals surface area contributed by atoms with Gasteiger partial charge in [0, 0.05) is 10.6 Å². The van der Waals surface area contributed by atoms with Crippen LogP contribution < -0.4 is 0 Å². The van der Waals surface area contributed by atoms with Gasteiger partial charge in [-0.1, -0.05) is 37.0 Å². The smallest absolute Gasteiger partial charge is 0.174 e. The highest BCUT2D eigenvalue weighted by Gasteiger charge is 2.11. The third-order valence-electron chi connectivity index (χ3n) is 1.78. The monoisotopic (exact) mass is 262 g/mol. The lowest BCUT2D eigenvalue weighted by Gasteiger charge is -2.05. The summed E-state index contributed by atoms with van der Waals surface area (Å²) in [6.07, 6.45) is 0. The Balaban J connectivity index is 2.74. The van der Waals surface area contributed by atoms with Gasteiger partial charge in [0.2, 0.25) is 0 Å². The van der Waals surface area contributed by atoms with E-state index >= 15 is 0 Å². The molecule has 0 saturated heterocycles. The Kier molecular flexibility index (Phi) is 4.97. The summed E-state index contributed by atoms with van der Waals surface area (Å²) in [5.41, 5.74) is 0.550. The molecular formula is C11H12Cl2OS. The van der Waals surface area contributed by atoms with E-state index < -0.39 is 0 Å². The first-order valence-corrected chi connectivity index (χ1v) is 6.41. The molecule has 0 N–H and O–H groups in total. The third kappa shape index (κ3) is 4.06. The lowest BCUT2D eigenvalue weighted by atomic mass is 10.1. The van der Waals surface area contributed by atoms with Crippen LogP contribution in [0.15, 0.2) is 18.2 Å². The molecule has 0 bridgehead atoms. The van der Waals surface area contributed by atoms with E-state index in [0.717, 1.165) is 0 Å². The van der Waals surface area contributed by atoms with E-state index in [1.807, 2.05) is 0 Å². The normalized spacial score (nSPS) is 10.7. The van der Waals surface area contributed by atoms with Crippen LogP contribution in [0, 0.1) is 0 Å². The first-order valence-electron chi connectivity index (χ1n) is 4.60. The molecule has 0 aromatic heterocycles. The average molecular weight is 263 g/mol. The zero-order chi connectivity index (χ0) is 11.4. The first-order chi connectivity index (χ1) is 7.00. The zero-order valence-electron chi connectivity index (χ0n) is 8.59. The van der Waals surface area contributed by atoms with Crippen molar-refractivity contribution in [3.8, 4) is 0 Å². The van der Waals surface area contributed by atoms with Crippen molar-refractivity contribution in [2.24, 2.45) is 0 Å². The van der Waals surface area contributed by atoms with Crippen molar-refractivity contribution in [1.29, 1.82) is 0 Å². The fourth-order valence-electron chi connectivity index (χ4n) is 1.04. The second-order valence-electron chi connectivity index (χ2n) is 3.41. The van der Waals surface area contributed by atoms with Crippen LogP contribution in [0.5, 0.6) is 0 Å². The maximum absolute atomic E-state index is 11.7. The molecule has 0 fully saturated rings. The minimum Gasteiger partial charge on any atom is -0.293 e. The average Bonchev–Trinajstić information content (AvgIpc) is 2.14. The molecule has 1 rings (SSSR count). The van der Waals surface area contributed by atoms with Crippen molar-refractivity contribution in [3.63, 3.8) is 0 Å². The predicted molar refractivity (Wildman–Crippen MR) is 68.4 cm³/mol. The Labute approximate surface area is 104 Å². The fraction of sp³-hybridized carbons (Fsp3) is 0.364. The van der Waals surface area contributed by atoms with Crippen molar-refractivity contribution in [1.82, 2.24) is 0 Å². The van der Waals surface area contributed by atoms with Crippen LogP contribution in [0.25, 0.3) is 0 Å². The summed E-state index contributed by atoms with van der Waals surface area (Å²) >= 11 is 13.3. The summed E-state index contributed by atoms with van der Waals surface area (Å²) in [6.45, 7) is 4.11. The van der Waals surface area contributed by atoms with Crippen LogP contribution in [0.1, 0.15) is 24.2 Å². The maximum Gasteiger partial charge on any atom is 0.174 e. The van der Waals surface area contributed by atoms with Gasteiger partial charge in [-0.15, -0.1) is 0 Å². The van der Waals surface area contributed by atoms with Crippen molar-refractivity contribution in [2.45, 2.75) is 19.1 Å². The molecule has 0 amide bonds. The Morgan fingerprint density at radius 3 is 2.60 bits per heavy atom. The van der Waals surface area contributed by atoms with Crippen LogP contribution in [0.3, 0.4) is 0 Å². The zero-order valence-corrected chi connectivity index (χ0v) is 10.9. The van der Waals surface area contributed by atoms with Crippen LogP contribution >= 0.6 is 35.0 Å². The molecule has 1 aromatic carbocycles. The van der Waals surface area contributed by atoms with E-state index in [0.29, 0.717) is 26.6 Å². The van der Waals surface area contributed by atoms with Gasteiger partial charge in [0.1, 0.15) is 0 Å². The highest BCUT2D eigenvalue weighted by Crippen LogP contribution is 2.23. The number of ketones is 1. The van der Waals surface area contributed by atoms with Gasteiger partial charge >= 0.3 is 0 Å². The van der Waals surface area contributed by atoms with Crippen LogP contribution in [0.2, 0.25) is 10.0 Å². The van der Waals surface area contributed by atoms with Gasteiger partial charge in [-0.2, -0.15) is 11.8 Å². The number of hydrogen-bond acceptors (Lipinski definition) is 2. The summed E-state index contributed by atoms with van der Waals surface area (Å²) in [4.78, 5) is 11.7. The molecule has 0 aliphatic heterocycles. The fourth-order valence-corrected chi connectivity index (χ4v) is 2.19. The number of Topliss-reactive ketones (excluding diaryl/α,β-unsaturated/α-hetero) is 1. The summed E-state index contributed by atoms with van der Waals surface area (Å²) in [6, 6.07) is 4.95. The third-order valence-corrected chi connectivity index (χ3v) is 3.42. The summed E-state index contributed by atoms with van der Waals surface area (Å²) < 4.78 is 0. The molecular weight excluding hydrogens is 251 g/mol. The van der Waals surface area contributed by atoms with Gasteiger partial charge in [-0.3, -0.25) is 4.79 Å². The Hall–Kier alpha value is -0.180. The number of hydrogen-bond donors (Lipinski definition) is 0. The van der Waals surface area contributed by atoms with Gasteiger partial charge in [0.05, 0.1) is 10.8 Å². The summed E-state index contributed by atoms with van der Waals surface area (Å²) in [5, 5.41) is 1.42. The molecule has 1 nitrogen and oxygen atoms in total. The van der Waals surface area contributed by atoms with Gasteiger partial charge in [-0.05, 0) is 23.4 Å². The van der Waals surface area contributed by atoms with E-state index in [2.05, 4.69) is 13.8 Å². The highest BCUT2D eigenvalue weighted by molar-refractivity contribution is 8.00. The number of thioether (sulfide) groups is 1. The van der Waals surface area contributed by atoms with E-state index in [4.69, 9.17) is 23.2 Å². The van der Waals surface area contributed by atoms with Crippen LogP contribution in [0.4, 0.5) is 0 Å². The number of halogens is 2. The largest absolute Gasteiger partial charge is 0.293 e. The maximum atomic E-state index is 11.7. The second kappa shape index (κ2) is 5.78. The molecule has 0 spiro atoms. The number of carbonyl (C=O) groups excluding carboxylic acids is 1. The minimum absolute atomic E-state index is 0.0513. The Bertz CT molecular complexity index is 364. The van der Waals surface area contributed by atoms with Gasteiger partial charge in [-0.25, -0.2) is 0 Å². The van der Waals surface area contributed by atoms with Crippen LogP contribution in [-0.4, -0.2) is 16.8 Å². The molecule has 0 radical (unpaired) electrons. The Morgan fingerprint density at radius 1 is 1.40 bits per heavy atom. The number of benzene rings is 1. The SMILES string of the molecule is CC(C)SCC(=O)c1ccc(Cl)cc1Cl. The van der Waals surface area contributed by atoms with Crippen molar-refractivity contribution < 1.29 is 4.79 Å². The van der Waals surface area contributed by atoms with E-state index in [1.165, 1.54) is 0 Å². The predicted octanol–water partition coefficient (Wildman–Crippen LogP) is 4.32. The molecule has 0 aliphatic carbocycles. The topological polar surface area (TPSA) is 17.1 Å². The van der Waals surface area contributed by atoms with E-state index in [9.17, 15) is 4.79 Å². The molecule has 15 heavy (non-hydrogen) atoms. The second-order valence-corrected chi connectivity index (χ2v) is 5.82. The van der Waals surface area contributed by atoms with E-state index in [-0.39, 0.29) is 5.78 Å². The molecule has 0 heterocycles. The van der Waals surface area contributed by atoms with Gasteiger partial charge in [0.25, 0.3) is 0 Å². The Morgan fingerprint density at radius 2 is 2.07 bits per heavy atom. The molecule has 0 aliphatic rings. The number of carbonyl (C=O) groups is 1. The van der Waals surface area contributed by atoms with Gasteiger partial charge in [0.15, 0.2) is 5.78 Å². The molecule has 0 unspecified atom stereocenters. The van der Waals surface area contributed by atoms with Crippen molar-refractivity contribution >= 4 is 40.7 Å². The standard InChI is InChI=1S/C11H12Cl2OS/c1-7(2)15-6-11(14)9-4-3-8(12)5-10(9)13/h3-5,7H,6H2,1-2H3. The lowest BCUT2D eigenvalue weighted by molar-refractivity contribution is 0.102. The molecule has 0 atom stereocenters. The molecule has 82 valence electrons. The lowest BCUT2D eigenvalue weighted by Crippen LogP contribution is -2.05. The van der Waals surface area contributed by atoms with Crippen molar-refractivity contribution in [3.05, 3.63) is 33.8 Å². The summed E-state index contributed by atoms with van der Waals surface area (Å²) in [7, 11) is 0. The summed E-state index contributed by atoms with van der Waals surface area (Å²) in [5.74, 6) is 0.509. The highest BCUT2D eigenvalue weighted by atomic mass is 35.5. The molecule has 0 saturated carbocycles. The molecule has 4 heteroatoms. The van der Waals surface area contributed by atoms with Crippen molar-refractivity contribution in [2.75, 3.05) is 5.75 Å². The van der Waals surface area contributed by atoms with Crippen LogP contribution in [-0.2, 0) is 0 Å². The minimum atomic E-state index is 0.0513. The number of rotatable bonds is 4.